The van der Waals surface area contributed by atoms with Crippen molar-refractivity contribution < 1.29 is 0 Å². The van der Waals surface area contributed by atoms with Crippen LogP contribution in [0.25, 0.3) is 10.9 Å². The number of fused-ring (bicyclic) bond motifs is 1. The number of nitrogen functional groups attached to an aromatic ring is 1. The van der Waals surface area contributed by atoms with E-state index in [1.807, 2.05) is 24.3 Å². The number of anilines is 2. The Morgan fingerprint density at radius 1 is 1.10 bits per heavy atom. The number of aromatic nitrogens is 1. The zero-order valence-electron chi connectivity index (χ0n) is 11.5. The van der Waals surface area contributed by atoms with Crippen molar-refractivity contribution in [1.29, 1.82) is 0 Å². The van der Waals surface area contributed by atoms with Gasteiger partial charge in [-0.3, -0.25) is 4.98 Å². The van der Waals surface area contributed by atoms with Crippen molar-refractivity contribution in [2.45, 2.75) is 6.42 Å². The highest BCUT2D eigenvalue weighted by molar-refractivity contribution is 9.10. The van der Waals surface area contributed by atoms with E-state index in [0.29, 0.717) is 0 Å². The first-order chi connectivity index (χ1) is 10.2. The average Bonchev–Trinajstić information content (AvgIpc) is 2.51. The number of hydrogen-bond donors (Lipinski definition) is 2. The molecule has 0 aliphatic rings. The molecule has 0 fully saturated rings. The maximum absolute atomic E-state index is 6.03. The van der Waals surface area contributed by atoms with E-state index in [0.717, 1.165) is 39.7 Å². The summed E-state index contributed by atoms with van der Waals surface area (Å²) in [6, 6.07) is 16.3. The van der Waals surface area contributed by atoms with Crippen molar-refractivity contribution in [3.63, 3.8) is 0 Å². The van der Waals surface area contributed by atoms with Gasteiger partial charge in [0, 0.05) is 28.3 Å². The van der Waals surface area contributed by atoms with Crippen LogP contribution >= 0.6 is 15.9 Å². The molecule has 1 heterocycles. The third-order valence-electron chi connectivity index (χ3n) is 3.42. The van der Waals surface area contributed by atoms with Crippen molar-refractivity contribution in [3.8, 4) is 0 Å². The van der Waals surface area contributed by atoms with Crippen molar-refractivity contribution in [2.75, 3.05) is 17.6 Å². The predicted octanol–water partition coefficient (Wildman–Crippen LogP) is 4.23. The molecule has 3 rings (SSSR count). The minimum Gasteiger partial charge on any atom is -0.398 e. The first kappa shape index (κ1) is 13.9. The summed E-state index contributed by atoms with van der Waals surface area (Å²) < 4.78 is 0.933. The predicted molar refractivity (Wildman–Crippen MR) is 92.5 cm³/mol. The van der Waals surface area contributed by atoms with Gasteiger partial charge in [-0.15, -0.1) is 0 Å². The molecule has 2 aromatic carbocycles. The summed E-state index contributed by atoms with van der Waals surface area (Å²) in [4.78, 5) is 4.48. The normalized spacial score (nSPS) is 10.7. The third kappa shape index (κ3) is 3.16. The molecule has 0 spiro atoms. The number of hydrogen-bond acceptors (Lipinski definition) is 3. The van der Waals surface area contributed by atoms with E-state index in [2.05, 4.69) is 50.5 Å². The molecule has 0 saturated heterocycles. The molecule has 0 radical (unpaired) electrons. The van der Waals surface area contributed by atoms with E-state index < -0.39 is 0 Å². The van der Waals surface area contributed by atoms with Gasteiger partial charge in [-0.25, -0.2) is 0 Å². The average molecular weight is 342 g/mol. The summed E-state index contributed by atoms with van der Waals surface area (Å²) in [5.41, 5.74) is 10.0. The van der Waals surface area contributed by atoms with Gasteiger partial charge in [-0.05, 0) is 46.1 Å². The van der Waals surface area contributed by atoms with Crippen LogP contribution in [0.2, 0.25) is 0 Å². The summed E-state index contributed by atoms with van der Waals surface area (Å²) in [6.45, 7) is 0.862. The molecule has 1 aromatic heterocycles. The van der Waals surface area contributed by atoms with Crippen LogP contribution in [0.15, 0.2) is 59.2 Å². The zero-order valence-corrected chi connectivity index (χ0v) is 13.1. The van der Waals surface area contributed by atoms with Gasteiger partial charge in [0.25, 0.3) is 0 Å². The quantitative estimate of drug-likeness (QED) is 0.698. The van der Waals surface area contributed by atoms with Crippen LogP contribution in [-0.2, 0) is 6.42 Å². The van der Waals surface area contributed by atoms with Gasteiger partial charge < -0.3 is 11.1 Å². The molecule has 106 valence electrons. The Morgan fingerprint density at radius 3 is 2.71 bits per heavy atom. The molecule has 0 amide bonds. The van der Waals surface area contributed by atoms with E-state index in [1.165, 1.54) is 5.56 Å². The van der Waals surface area contributed by atoms with Gasteiger partial charge in [-0.1, -0.05) is 30.3 Å². The van der Waals surface area contributed by atoms with E-state index in [4.69, 9.17) is 5.73 Å². The Hall–Kier alpha value is -2.07. The van der Waals surface area contributed by atoms with E-state index in [1.54, 1.807) is 6.20 Å². The fraction of sp³-hybridized carbons (Fsp3) is 0.118. The Bertz CT molecular complexity index is 757. The summed E-state index contributed by atoms with van der Waals surface area (Å²) in [5, 5.41) is 4.42. The smallest absolute Gasteiger partial charge is 0.0954 e. The molecule has 3 N–H and O–H groups in total. The first-order valence-corrected chi connectivity index (χ1v) is 7.65. The van der Waals surface area contributed by atoms with Gasteiger partial charge in [0.15, 0.2) is 0 Å². The number of nitrogens with zero attached hydrogens (tertiary/aromatic N) is 1. The van der Waals surface area contributed by atoms with Crippen molar-refractivity contribution >= 4 is 38.2 Å². The lowest BCUT2D eigenvalue weighted by molar-refractivity contribution is 1.02. The molecular weight excluding hydrogens is 326 g/mol. The lowest BCUT2D eigenvalue weighted by atomic mass is 10.1. The molecule has 0 bridgehead atoms. The van der Waals surface area contributed by atoms with Gasteiger partial charge in [0.2, 0.25) is 0 Å². The number of halogens is 1. The highest BCUT2D eigenvalue weighted by Gasteiger charge is 2.06. The monoisotopic (exact) mass is 341 g/mol. The van der Waals surface area contributed by atoms with Crippen LogP contribution < -0.4 is 11.1 Å². The maximum Gasteiger partial charge on any atom is 0.0954 e. The Labute approximate surface area is 132 Å². The van der Waals surface area contributed by atoms with Gasteiger partial charge in [0.05, 0.1) is 11.2 Å². The fourth-order valence-corrected chi connectivity index (χ4v) is 2.68. The van der Waals surface area contributed by atoms with Crippen LogP contribution in [0, 0.1) is 0 Å². The van der Waals surface area contributed by atoms with E-state index in [-0.39, 0.29) is 0 Å². The first-order valence-electron chi connectivity index (χ1n) is 6.85. The number of nitrogens with one attached hydrogen (secondary N) is 1. The summed E-state index contributed by atoms with van der Waals surface area (Å²) in [6.07, 6.45) is 2.77. The SMILES string of the molecule is Nc1ccc(NCCc2ccccc2)c2ncc(Br)cc12. The molecule has 3 nitrogen and oxygen atoms in total. The van der Waals surface area contributed by atoms with Crippen molar-refractivity contribution in [2.24, 2.45) is 0 Å². The van der Waals surface area contributed by atoms with Crippen LogP contribution in [0.5, 0.6) is 0 Å². The van der Waals surface area contributed by atoms with Crippen LogP contribution in [-0.4, -0.2) is 11.5 Å². The largest absolute Gasteiger partial charge is 0.398 e. The topological polar surface area (TPSA) is 50.9 Å². The minimum absolute atomic E-state index is 0.743. The molecule has 21 heavy (non-hydrogen) atoms. The van der Waals surface area contributed by atoms with Gasteiger partial charge in [0.1, 0.15) is 0 Å². The molecule has 0 unspecified atom stereocenters. The fourth-order valence-electron chi connectivity index (χ4n) is 2.34. The Kier molecular flexibility index (Phi) is 4.06. The standard InChI is InChI=1S/C17H16BrN3/c18-13-10-14-15(19)6-7-16(17(14)21-11-13)20-9-8-12-4-2-1-3-5-12/h1-7,10-11,20H,8-9,19H2. The summed E-state index contributed by atoms with van der Waals surface area (Å²) >= 11 is 3.44. The molecular formula is C17H16BrN3. The zero-order chi connectivity index (χ0) is 14.7. The van der Waals surface area contributed by atoms with Gasteiger partial charge in [-0.2, -0.15) is 0 Å². The number of benzene rings is 2. The molecule has 0 atom stereocenters. The lowest BCUT2D eigenvalue weighted by Crippen LogP contribution is -2.06. The van der Waals surface area contributed by atoms with Crippen LogP contribution in [0.1, 0.15) is 5.56 Å². The Morgan fingerprint density at radius 2 is 1.90 bits per heavy atom. The van der Waals surface area contributed by atoms with E-state index in [9.17, 15) is 0 Å². The van der Waals surface area contributed by atoms with E-state index >= 15 is 0 Å². The minimum atomic E-state index is 0.743. The number of pyridine rings is 1. The maximum atomic E-state index is 6.03. The second kappa shape index (κ2) is 6.14. The third-order valence-corrected chi connectivity index (χ3v) is 3.86. The van der Waals surface area contributed by atoms with Crippen LogP contribution in [0.3, 0.4) is 0 Å². The van der Waals surface area contributed by atoms with Crippen molar-refractivity contribution in [3.05, 3.63) is 64.8 Å². The summed E-state index contributed by atoms with van der Waals surface area (Å²) in [7, 11) is 0. The van der Waals surface area contributed by atoms with Crippen molar-refractivity contribution in [1.82, 2.24) is 4.98 Å². The highest BCUT2D eigenvalue weighted by Crippen LogP contribution is 2.28. The lowest BCUT2D eigenvalue weighted by Gasteiger charge is -2.11. The molecule has 0 aliphatic heterocycles. The highest BCUT2D eigenvalue weighted by atomic mass is 79.9. The number of nitrogens with two attached hydrogens (primary N) is 1. The molecule has 0 saturated carbocycles. The second-order valence-electron chi connectivity index (χ2n) is 4.91. The van der Waals surface area contributed by atoms with Gasteiger partial charge >= 0.3 is 0 Å². The molecule has 3 aromatic rings. The molecule has 4 heteroatoms. The van der Waals surface area contributed by atoms with Crippen LogP contribution in [0.4, 0.5) is 11.4 Å². The second-order valence-corrected chi connectivity index (χ2v) is 5.83. The summed E-state index contributed by atoms with van der Waals surface area (Å²) in [5.74, 6) is 0. The number of rotatable bonds is 4. The molecule has 0 aliphatic carbocycles. The Balaban J connectivity index is 1.80.